The molecule has 4 nitrogen and oxygen atoms in total. The van der Waals surface area contributed by atoms with Gasteiger partial charge in [-0.15, -0.1) is 0 Å². The molecule has 1 atom stereocenters. The maximum atomic E-state index is 11.5. The molecule has 0 aliphatic rings. The lowest BCUT2D eigenvalue weighted by atomic mass is 10.1. The van der Waals surface area contributed by atoms with Crippen LogP contribution in [0, 0.1) is 0 Å². The standard InChI is InChI=1S/C10H13NO3S/c1-2-3-8(10(13)14)11-9(12)7-4-5-15-6-7/h4-6,8H,2-3H2,1H3,(H,11,12)(H,13,14)/t8-/m1/s1. The number of nitrogens with one attached hydrogen (secondary N) is 1. The van der Waals surface area contributed by atoms with E-state index in [1.54, 1.807) is 16.8 Å². The van der Waals surface area contributed by atoms with E-state index in [2.05, 4.69) is 5.32 Å². The lowest BCUT2D eigenvalue weighted by Gasteiger charge is -2.12. The average molecular weight is 227 g/mol. The van der Waals surface area contributed by atoms with Gasteiger partial charge in [-0.2, -0.15) is 11.3 Å². The highest BCUT2D eigenvalue weighted by Crippen LogP contribution is 2.07. The van der Waals surface area contributed by atoms with Crippen LogP contribution in [-0.4, -0.2) is 23.0 Å². The summed E-state index contributed by atoms with van der Waals surface area (Å²) in [6.07, 6.45) is 1.17. The molecule has 82 valence electrons. The Morgan fingerprint density at radius 3 is 2.80 bits per heavy atom. The van der Waals surface area contributed by atoms with Crippen LogP contribution in [0.2, 0.25) is 0 Å². The van der Waals surface area contributed by atoms with E-state index in [9.17, 15) is 9.59 Å². The van der Waals surface area contributed by atoms with E-state index in [-0.39, 0.29) is 5.91 Å². The molecule has 1 aromatic heterocycles. The molecule has 1 amide bonds. The van der Waals surface area contributed by atoms with Gasteiger partial charge in [0.25, 0.3) is 5.91 Å². The fraction of sp³-hybridized carbons (Fsp3) is 0.400. The van der Waals surface area contributed by atoms with Crippen molar-refractivity contribution in [1.29, 1.82) is 0 Å². The zero-order chi connectivity index (χ0) is 11.3. The zero-order valence-electron chi connectivity index (χ0n) is 8.40. The van der Waals surface area contributed by atoms with Gasteiger partial charge in [0, 0.05) is 5.38 Å². The minimum absolute atomic E-state index is 0.322. The third-order valence-electron chi connectivity index (χ3n) is 1.96. The summed E-state index contributed by atoms with van der Waals surface area (Å²) in [5, 5.41) is 14.8. The Hall–Kier alpha value is -1.36. The molecule has 0 aliphatic heterocycles. The monoisotopic (exact) mass is 227 g/mol. The van der Waals surface area contributed by atoms with Gasteiger partial charge in [0.1, 0.15) is 6.04 Å². The quantitative estimate of drug-likeness (QED) is 0.805. The number of hydrogen-bond donors (Lipinski definition) is 2. The fourth-order valence-corrected chi connectivity index (χ4v) is 1.82. The predicted octanol–water partition coefficient (Wildman–Crippen LogP) is 1.73. The molecule has 0 fully saturated rings. The highest BCUT2D eigenvalue weighted by atomic mass is 32.1. The van der Waals surface area contributed by atoms with Gasteiger partial charge in [0.15, 0.2) is 0 Å². The number of carbonyl (C=O) groups excluding carboxylic acids is 1. The van der Waals surface area contributed by atoms with E-state index >= 15 is 0 Å². The van der Waals surface area contributed by atoms with Gasteiger partial charge in [-0.3, -0.25) is 4.79 Å². The normalized spacial score (nSPS) is 12.1. The lowest BCUT2D eigenvalue weighted by molar-refractivity contribution is -0.139. The van der Waals surface area contributed by atoms with Crippen molar-refractivity contribution in [3.63, 3.8) is 0 Å². The van der Waals surface area contributed by atoms with Crippen LogP contribution in [0.15, 0.2) is 16.8 Å². The molecule has 1 aromatic rings. The summed E-state index contributed by atoms with van der Waals surface area (Å²) >= 11 is 1.41. The van der Waals surface area contributed by atoms with Crippen molar-refractivity contribution in [2.75, 3.05) is 0 Å². The molecular formula is C10H13NO3S. The summed E-state index contributed by atoms with van der Waals surface area (Å²) in [5.41, 5.74) is 0.516. The second-order valence-electron chi connectivity index (χ2n) is 3.16. The number of rotatable bonds is 5. The van der Waals surface area contributed by atoms with Crippen LogP contribution >= 0.6 is 11.3 Å². The van der Waals surface area contributed by atoms with Gasteiger partial charge in [-0.25, -0.2) is 4.79 Å². The maximum Gasteiger partial charge on any atom is 0.326 e. The Balaban J connectivity index is 2.59. The van der Waals surface area contributed by atoms with E-state index < -0.39 is 12.0 Å². The van der Waals surface area contributed by atoms with Crippen LogP contribution in [-0.2, 0) is 4.79 Å². The molecule has 0 saturated heterocycles. The van der Waals surface area contributed by atoms with Crippen molar-refractivity contribution >= 4 is 23.2 Å². The van der Waals surface area contributed by atoms with E-state index in [4.69, 9.17) is 5.11 Å². The van der Waals surface area contributed by atoms with Gasteiger partial charge in [-0.05, 0) is 17.9 Å². The van der Waals surface area contributed by atoms with Crippen molar-refractivity contribution in [2.45, 2.75) is 25.8 Å². The molecule has 5 heteroatoms. The molecule has 15 heavy (non-hydrogen) atoms. The van der Waals surface area contributed by atoms with E-state index in [1.807, 2.05) is 6.92 Å². The fourth-order valence-electron chi connectivity index (χ4n) is 1.18. The average Bonchev–Trinajstić information content (AvgIpc) is 2.69. The number of aliphatic carboxylic acids is 1. The van der Waals surface area contributed by atoms with Crippen molar-refractivity contribution in [1.82, 2.24) is 5.32 Å². The van der Waals surface area contributed by atoms with Crippen LogP contribution in [0.4, 0.5) is 0 Å². The van der Waals surface area contributed by atoms with Gasteiger partial charge in [0.05, 0.1) is 5.56 Å². The molecule has 0 aliphatic carbocycles. The second kappa shape index (κ2) is 5.50. The molecule has 0 saturated carbocycles. The van der Waals surface area contributed by atoms with Crippen LogP contribution in [0.25, 0.3) is 0 Å². The topological polar surface area (TPSA) is 66.4 Å². The molecule has 1 heterocycles. The van der Waals surface area contributed by atoms with Crippen molar-refractivity contribution < 1.29 is 14.7 Å². The second-order valence-corrected chi connectivity index (χ2v) is 3.95. The third kappa shape index (κ3) is 3.36. The summed E-state index contributed by atoms with van der Waals surface area (Å²) in [6.45, 7) is 1.88. The van der Waals surface area contributed by atoms with Gasteiger partial charge in [0.2, 0.25) is 0 Å². The minimum Gasteiger partial charge on any atom is -0.480 e. The summed E-state index contributed by atoms with van der Waals surface area (Å²) < 4.78 is 0. The van der Waals surface area contributed by atoms with Gasteiger partial charge in [-0.1, -0.05) is 13.3 Å². The molecule has 1 rings (SSSR count). The van der Waals surface area contributed by atoms with Crippen LogP contribution < -0.4 is 5.32 Å². The lowest BCUT2D eigenvalue weighted by Crippen LogP contribution is -2.40. The molecule has 0 spiro atoms. The maximum absolute atomic E-state index is 11.5. The predicted molar refractivity (Wildman–Crippen MR) is 58.1 cm³/mol. The summed E-state index contributed by atoms with van der Waals surface area (Å²) in [4.78, 5) is 22.3. The Bertz CT molecular complexity index is 334. The van der Waals surface area contributed by atoms with Gasteiger partial charge < -0.3 is 10.4 Å². The molecule has 0 unspecified atom stereocenters. The zero-order valence-corrected chi connectivity index (χ0v) is 9.21. The first kappa shape index (κ1) is 11.7. The Kier molecular flexibility index (Phi) is 4.30. The molecule has 0 radical (unpaired) electrons. The van der Waals surface area contributed by atoms with E-state index in [0.717, 1.165) is 6.42 Å². The number of amides is 1. The Morgan fingerprint density at radius 1 is 1.60 bits per heavy atom. The summed E-state index contributed by atoms with van der Waals surface area (Å²) in [7, 11) is 0. The minimum atomic E-state index is -0.986. The van der Waals surface area contributed by atoms with Crippen molar-refractivity contribution in [3.8, 4) is 0 Å². The largest absolute Gasteiger partial charge is 0.480 e. The Labute approximate surface area is 91.9 Å². The number of thiophene rings is 1. The number of hydrogen-bond acceptors (Lipinski definition) is 3. The Morgan fingerprint density at radius 2 is 2.33 bits per heavy atom. The first-order valence-corrected chi connectivity index (χ1v) is 5.65. The van der Waals surface area contributed by atoms with Crippen LogP contribution in [0.3, 0.4) is 0 Å². The van der Waals surface area contributed by atoms with Crippen LogP contribution in [0.5, 0.6) is 0 Å². The molecule has 0 bridgehead atoms. The van der Waals surface area contributed by atoms with Crippen molar-refractivity contribution in [2.24, 2.45) is 0 Å². The SMILES string of the molecule is CCC[C@@H](NC(=O)c1ccsc1)C(=O)O. The number of carboxylic acid groups (broad SMARTS) is 1. The number of carboxylic acids is 1. The third-order valence-corrected chi connectivity index (χ3v) is 2.65. The smallest absolute Gasteiger partial charge is 0.326 e. The first-order chi connectivity index (χ1) is 7.15. The number of carbonyl (C=O) groups is 2. The molecular weight excluding hydrogens is 214 g/mol. The van der Waals surface area contributed by atoms with Crippen LogP contribution in [0.1, 0.15) is 30.1 Å². The van der Waals surface area contributed by atoms with E-state index in [1.165, 1.54) is 11.3 Å². The van der Waals surface area contributed by atoms with Gasteiger partial charge >= 0.3 is 5.97 Å². The highest BCUT2D eigenvalue weighted by molar-refractivity contribution is 7.08. The van der Waals surface area contributed by atoms with Crippen molar-refractivity contribution in [3.05, 3.63) is 22.4 Å². The highest BCUT2D eigenvalue weighted by Gasteiger charge is 2.19. The van der Waals surface area contributed by atoms with E-state index in [0.29, 0.717) is 12.0 Å². The summed E-state index contributed by atoms with van der Waals surface area (Å²) in [5.74, 6) is -1.31. The summed E-state index contributed by atoms with van der Waals surface area (Å²) in [6, 6.07) is 0.882. The molecule has 2 N–H and O–H groups in total. The first-order valence-electron chi connectivity index (χ1n) is 4.71. The molecule has 0 aromatic carbocycles.